The molecule has 0 aromatic rings. The standard InChI is InChI=1S/C33H53NO7S.C28H45NO5S/c1-9-31(7)17-25(32(8)19(2)12-14-33(20(3)28(31)38)15-13-22(35)27(32)33)40-26(37)18-42-24-11-10-21(16-23(24)36)34-29(39)41-30(4,5)6;1-6-26(4)14-22(34-23(32)15-35-21-8-7-18(29)13-20(21)31)27(5)16(2)9-11-28(17(3)25(26)33)12-10-19(30)24(27)28/h9,19-21,23-25,27-28,36,38H,1,10-18H2,2-8H3,(H,34,39);6,16-18,20-22,24-25,31,33H,1,7-15,29H2,2-5H3/t19?,20-,21+,23+,24+,25+,27-,28-,31+,32-,33-;16?,17-,18+,20+,21+,22+,24-,25-,26+,27-,28-/m00/s1. The Morgan fingerprint density at radius 3 is 1.47 bits per heavy atom. The fourth-order valence-corrected chi connectivity index (χ4v) is 19.1. The fraction of sp³-hybridized carbons (Fsp3) is 0.852. The molecule has 1 amide bonds. The second-order valence-electron chi connectivity index (χ2n) is 27.7. The molecule has 22 atom stereocenters. The van der Waals surface area contributed by atoms with E-state index in [4.69, 9.17) is 19.9 Å². The number of ether oxygens (including phenoxy) is 3. The molecule has 0 aromatic heterocycles. The van der Waals surface area contributed by atoms with Crippen LogP contribution >= 0.6 is 23.5 Å². The number of nitrogens with two attached hydrogens (primary N) is 1. The highest BCUT2D eigenvalue weighted by atomic mass is 32.2. The van der Waals surface area contributed by atoms with E-state index < -0.39 is 70.0 Å². The maximum absolute atomic E-state index is 13.6. The number of thioether (sulfide) groups is 2. The Morgan fingerprint density at radius 2 is 1.08 bits per heavy atom. The first kappa shape index (κ1) is 62.1. The van der Waals surface area contributed by atoms with Crippen LogP contribution in [-0.4, -0.2) is 126 Å². The molecule has 4 bridgehead atoms. The molecule has 0 spiro atoms. The second kappa shape index (κ2) is 23.4. The first-order chi connectivity index (χ1) is 35.8. The van der Waals surface area contributed by atoms with Crippen LogP contribution in [0.15, 0.2) is 25.3 Å². The molecule has 8 aliphatic rings. The fourth-order valence-electron chi connectivity index (χ4n) is 17.0. The molecule has 0 aliphatic heterocycles. The third-order valence-electron chi connectivity index (χ3n) is 22.3. The van der Waals surface area contributed by atoms with Crippen molar-refractivity contribution in [3.05, 3.63) is 25.3 Å². The molecule has 7 N–H and O–H groups in total. The Labute approximate surface area is 469 Å². The molecular formula is C61H98N2O12S2. The quantitative estimate of drug-likeness (QED) is 0.0643. The topological polar surface area (TPSA) is 232 Å². The number of ketones is 2. The number of carbonyl (C=O) groups is 5. The van der Waals surface area contributed by atoms with Gasteiger partial charge in [0, 0.05) is 68.9 Å². The number of esters is 2. The van der Waals surface area contributed by atoms with E-state index in [9.17, 15) is 44.4 Å². The van der Waals surface area contributed by atoms with Gasteiger partial charge in [-0.15, -0.1) is 36.7 Å². The number of hydrogen-bond donors (Lipinski definition) is 6. The third kappa shape index (κ3) is 11.8. The normalized spacial score (nSPS) is 46.7. The van der Waals surface area contributed by atoms with Crippen LogP contribution in [0.2, 0.25) is 0 Å². The SMILES string of the molecule is C=C[C@]1(C)C[C@@H](OC(=O)CS[C@@H]2CC[C@@H](N)C[C@H]2O)[C@]2(C)C(C)CC[C@]3(CCC(=O)[C@H]32)[C@@H](C)[C@@H]1O.C=C[C@]1(C)C[C@@H](OC(=O)CS[C@@H]2CC[C@@H](NC(=O)OC(C)(C)C)C[C@H]2O)[C@]2(C)C(C)CC[C@]3(CCC(=O)[C@H]32)[C@@H](C)[C@@H]1O. The van der Waals surface area contributed by atoms with E-state index in [1.807, 2.05) is 40.7 Å². The predicted octanol–water partition coefficient (Wildman–Crippen LogP) is 9.30. The lowest BCUT2D eigenvalue weighted by Crippen LogP contribution is -2.63. The summed E-state index contributed by atoms with van der Waals surface area (Å²) in [6.45, 7) is 30.4. The summed E-state index contributed by atoms with van der Waals surface area (Å²) >= 11 is 2.83. The average Bonchev–Trinajstić information content (AvgIpc) is 4.16. The zero-order valence-electron chi connectivity index (χ0n) is 48.5. The van der Waals surface area contributed by atoms with E-state index in [-0.39, 0.29) is 104 Å². The number of rotatable bonds is 11. The maximum atomic E-state index is 13.6. The number of alkyl carbamates (subject to hydrolysis) is 1. The largest absolute Gasteiger partial charge is 0.461 e. The minimum Gasteiger partial charge on any atom is -0.461 e. The lowest BCUT2D eigenvalue weighted by Gasteiger charge is -2.61. The molecule has 0 heterocycles. The molecule has 14 nitrogen and oxygen atoms in total. The van der Waals surface area contributed by atoms with Crippen molar-refractivity contribution >= 4 is 53.1 Å². The summed E-state index contributed by atoms with van der Waals surface area (Å²) in [6, 6.07) is -0.165. The van der Waals surface area contributed by atoms with Gasteiger partial charge in [0.05, 0.1) is 35.9 Å². The minimum absolute atomic E-state index is 0.0194. The maximum Gasteiger partial charge on any atom is 0.407 e. The molecule has 8 aliphatic carbocycles. The predicted molar refractivity (Wildman–Crippen MR) is 303 cm³/mol. The van der Waals surface area contributed by atoms with E-state index >= 15 is 0 Å². The highest BCUT2D eigenvalue weighted by molar-refractivity contribution is 8.00. The van der Waals surface area contributed by atoms with Crippen molar-refractivity contribution in [3.8, 4) is 0 Å². The van der Waals surface area contributed by atoms with Crippen LogP contribution in [0.5, 0.6) is 0 Å². The smallest absolute Gasteiger partial charge is 0.407 e. The number of carbonyl (C=O) groups excluding carboxylic acids is 5. The molecule has 0 aromatic carbocycles. The number of amides is 1. The first-order valence-corrected chi connectivity index (χ1v) is 31.4. The molecule has 0 radical (unpaired) electrons. The number of Topliss-reactive ketones (excluding diaryl/α,β-unsaturated/α-hetero) is 2. The zero-order valence-corrected chi connectivity index (χ0v) is 50.1. The monoisotopic (exact) mass is 1110 g/mol. The van der Waals surface area contributed by atoms with Crippen molar-refractivity contribution in [2.75, 3.05) is 11.5 Å². The zero-order chi connectivity index (χ0) is 57.0. The van der Waals surface area contributed by atoms with E-state index in [1.165, 1.54) is 23.5 Å². The Morgan fingerprint density at radius 1 is 0.662 bits per heavy atom. The lowest BCUT2D eigenvalue weighted by molar-refractivity contribution is -0.205. The number of aliphatic hydroxyl groups excluding tert-OH is 4. The molecule has 77 heavy (non-hydrogen) atoms. The number of hydrogen-bond acceptors (Lipinski definition) is 15. The van der Waals surface area contributed by atoms with Crippen molar-refractivity contribution in [2.45, 2.75) is 244 Å². The van der Waals surface area contributed by atoms with Crippen LogP contribution in [-0.2, 0) is 33.4 Å². The van der Waals surface area contributed by atoms with Crippen LogP contribution in [0.3, 0.4) is 0 Å². The first-order valence-electron chi connectivity index (χ1n) is 29.3. The van der Waals surface area contributed by atoms with Crippen molar-refractivity contribution in [1.82, 2.24) is 5.32 Å². The van der Waals surface area contributed by atoms with Gasteiger partial charge in [-0.25, -0.2) is 4.79 Å². The summed E-state index contributed by atoms with van der Waals surface area (Å²) in [5.74, 6) is -0.137. The summed E-state index contributed by atoms with van der Waals surface area (Å²) < 4.78 is 18.0. The van der Waals surface area contributed by atoms with E-state index in [1.54, 1.807) is 6.08 Å². The summed E-state index contributed by atoms with van der Waals surface area (Å²) in [6.07, 6.45) is 10.6. The minimum atomic E-state index is -0.698. The van der Waals surface area contributed by atoms with Crippen LogP contribution in [0.4, 0.5) is 4.79 Å². The lowest BCUT2D eigenvalue weighted by atomic mass is 9.44. The van der Waals surface area contributed by atoms with Crippen molar-refractivity contribution in [1.29, 1.82) is 0 Å². The van der Waals surface area contributed by atoms with Crippen LogP contribution < -0.4 is 11.1 Å². The van der Waals surface area contributed by atoms with E-state index in [0.717, 1.165) is 51.4 Å². The van der Waals surface area contributed by atoms with Gasteiger partial charge in [-0.05, 0) is 145 Å². The van der Waals surface area contributed by atoms with Crippen molar-refractivity contribution in [3.63, 3.8) is 0 Å². The van der Waals surface area contributed by atoms with Gasteiger partial charge in [0.2, 0.25) is 0 Å². The summed E-state index contributed by atoms with van der Waals surface area (Å²) in [5, 5.41) is 47.2. The van der Waals surface area contributed by atoms with Crippen molar-refractivity contribution < 1.29 is 58.6 Å². The third-order valence-corrected chi connectivity index (χ3v) is 25.0. The van der Waals surface area contributed by atoms with Gasteiger partial charge in [0.15, 0.2) is 0 Å². The van der Waals surface area contributed by atoms with Crippen LogP contribution in [0.25, 0.3) is 0 Å². The number of aliphatic hydroxyl groups is 4. The number of nitrogens with one attached hydrogen (secondary N) is 1. The average molecular weight is 1120 g/mol. The van der Waals surface area contributed by atoms with Gasteiger partial charge in [-0.3, -0.25) is 19.2 Å². The van der Waals surface area contributed by atoms with Gasteiger partial charge in [0.1, 0.15) is 29.4 Å². The molecule has 8 saturated carbocycles. The summed E-state index contributed by atoms with van der Waals surface area (Å²) in [4.78, 5) is 65.9. The molecule has 16 heteroatoms. The molecule has 436 valence electrons. The highest BCUT2D eigenvalue weighted by Gasteiger charge is 2.70. The Kier molecular flexibility index (Phi) is 18.9. The van der Waals surface area contributed by atoms with Gasteiger partial charge in [0.25, 0.3) is 0 Å². The van der Waals surface area contributed by atoms with Gasteiger partial charge in [-0.1, -0.05) is 67.5 Å². The van der Waals surface area contributed by atoms with Crippen LogP contribution in [0, 0.1) is 68.0 Å². The van der Waals surface area contributed by atoms with Gasteiger partial charge < -0.3 is 45.7 Å². The van der Waals surface area contributed by atoms with Crippen LogP contribution in [0.1, 0.15) is 179 Å². The Bertz CT molecular complexity index is 2210. The molecule has 8 rings (SSSR count). The van der Waals surface area contributed by atoms with E-state index in [0.29, 0.717) is 51.4 Å². The molecule has 8 fully saturated rings. The summed E-state index contributed by atoms with van der Waals surface area (Å²) in [5.41, 5.74) is 2.45. The molecule has 0 saturated heterocycles. The van der Waals surface area contributed by atoms with Gasteiger partial charge in [-0.2, -0.15) is 0 Å². The van der Waals surface area contributed by atoms with Crippen molar-refractivity contribution in [2.24, 2.45) is 73.7 Å². The van der Waals surface area contributed by atoms with E-state index in [2.05, 4.69) is 60.0 Å². The highest BCUT2D eigenvalue weighted by Crippen LogP contribution is 2.70. The Hall–Kier alpha value is -2.47. The Balaban J connectivity index is 0.000000227. The molecular weight excluding hydrogens is 1020 g/mol. The molecule has 2 unspecified atom stereocenters. The summed E-state index contributed by atoms with van der Waals surface area (Å²) in [7, 11) is 0. The van der Waals surface area contributed by atoms with Gasteiger partial charge >= 0.3 is 18.0 Å². The second-order valence-corrected chi connectivity index (χ2v) is 30.1.